The maximum atomic E-state index is 11.8. The molecule has 31 heavy (non-hydrogen) atoms. The lowest BCUT2D eigenvalue weighted by Crippen LogP contribution is -2.28. The highest BCUT2D eigenvalue weighted by atomic mass is 32.2. The fraction of sp³-hybridized carbons (Fsp3) is 0.409. The monoisotopic (exact) mass is 446 g/mol. The summed E-state index contributed by atoms with van der Waals surface area (Å²) >= 11 is 0. The first-order chi connectivity index (χ1) is 15.0. The zero-order valence-electron chi connectivity index (χ0n) is 17.5. The number of nitrogens with zero attached hydrogens (tertiary/aromatic N) is 1. The molecule has 0 radical (unpaired) electrons. The van der Waals surface area contributed by atoms with Crippen LogP contribution in [-0.2, 0) is 22.2 Å². The SMILES string of the molecule is NC(=O)OCCN(c1ccc(NC2CCCCC2)c(NCc2ccccc2)c1)[SH](=O)=O. The van der Waals surface area contributed by atoms with Crippen molar-refractivity contribution in [1.82, 2.24) is 0 Å². The van der Waals surface area contributed by atoms with Crippen LogP contribution in [0.4, 0.5) is 21.9 Å². The second-order valence-electron chi connectivity index (χ2n) is 7.58. The number of anilines is 3. The van der Waals surface area contributed by atoms with Crippen LogP contribution in [0.5, 0.6) is 0 Å². The van der Waals surface area contributed by atoms with E-state index in [1.54, 1.807) is 6.07 Å². The van der Waals surface area contributed by atoms with E-state index in [9.17, 15) is 13.2 Å². The average Bonchev–Trinajstić information content (AvgIpc) is 2.77. The largest absolute Gasteiger partial charge is 0.448 e. The summed E-state index contributed by atoms with van der Waals surface area (Å²) in [4.78, 5) is 10.8. The van der Waals surface area contributed by atoms with Crippen molar-refractivity contribution in [3.05, 3.63) is 54.1 Å². The molecule has 168 valence electrons. The zero-order chi connectivity index (χ0) is 22.1. The van der Waals surface area contributed by atoms with Gasteiger partial charge in [-0.2, -0.15) is 0 Å². The van der Waals surface area contributed by atoms with E-state index >= 15 is 0 Å². The van der Waals surface area contributed by atoms with Crippen LogP contribution in [0.2, 0.25) is 0 Å². The Kier molecular flexibility index (Phi) is 8.40. The standard InChI is InChI=1S/C22H30N4O4S/c23-22(27)30-14-13-26(31(28)29)19-11-12-20(25-18-9-5-2-6-10-18)21(15-19)24-16-17-7-3-1-4-8-17/h1,3-4,7-8,11-12,15,18,24-25,31H,2,5-6,9-10,13-14,16H2,(H2,23,27). The summed E-state index contributed by atoms with van der Waals surface area (Å²) in [6.07, 6.45) is 5.03. The third kappa shape index (κ3) is 7.06. The van der Waals surface area contributed by atoms with Gasteiger partial charge in [-0.05, 0) is 36.6 Å². The van der Waals surface area contributed by atoms with Crippen LogP contribution in [0.3, 0.4) is 0 Å². The summed E-state index contributed by atoms with van der Waals surface area (Å²) in [7, 11) is -2.91. The van der Waals surface area contributed by atoms with Crippen molar-refractivity contribution in [3.8, 4) is 0 Å². The number of ether oxygens (including phenoxy) is 1. The molecule has 1 aliphatic carbocycles. The number of rotatable bonds is 10. The Labute approximate surface area is 184 Å². The van der Waals surface area contributed by atoms with E-state index in [0.29, 0.717) is 18.3 Å². The molecule has 0 aromatic heterocycles. The molecular formula is C22H30N4O4S. The van der Waals surface area contributed by atoms with E-state index in [4.69, 9.17) is 10.5 Å². The van der Waals surface area contributed by atoms with Gasteiger partial charge in [0.05, 0.1) is 23.6 Å². The van der Waals surface area contributed by atoms with E-state index in [0.717, 1.165) is 29.8 Å². The summed E-state index contributed by atoms with van der Waals surface area (Å²) in [5.41, 5.74) is 8.36. The molecule has 2 aromatic rings. The maximum absolute atomic E-state index is 11.8. The summed E-state index contributed by atoms with van der Waals surface area (Å²) in [5, 5.41) is 7.06. The minimum Gasteiger partial charge on any atom is -0.448 e. The first-order valence-corrected chi connectivity index (χ1v) is 11.7. The molecule has 1 saturated carbocycles. The highest BCUT2D eigenvalue weighted by Gasteiger charge is 2.17. The van der Waals surface area contributed by atoms with Crippen molar-refractivity contribution in [2.24, 2.45) is 5.73 Å². The van der Waals surface area contributed by atoms with Gasteiger partial charge in [0.1, 0.15) is 6.61 Å². The van der Waals surface area contributed by atoms with E-state index in [1.165, 1.54) is 23.6 Å². The van der Waals surface area contributed by atoms with Gasteiger partial charge in [-0.15, -0.1) is 0 Å². The van der Waals surface area contributed by atoms with E-state index in [-0.39, 0.29) is 13.2 Å². The van der Waals surface area contributed by atoms with Gasteiger partial charge in [-0.1, -0.05) is 49.6 Å². The Morgan fingerprint density at radius 3 is 2.48 bits per heavy atom. The molecule has 3 rings (SSSR count). The lowest BCUT2D eigenvalue weighted by Gasteiger charge is -2.26. The molecule has 0 bridgehead atoms. The second kappa shape index (κ2) is 11.5. The number of amides is 1. The first-order valence-electron chi connectivity index (χ1n) is 10.6. The molecule has 0 spiro atoms. The van der Waals surface area contributed by atoms with Crippen molar-refractivity contribution in [2.75, 3.05) is 28.1 Å². The Hall–Kier alpha value is -2.94. The van der Waals surface area contributed by atoms with Gasteiger partial charge in [-0.3, -0.25) is 4.31 Å². The van der Waals surface area contributed by atoms with E-state index in [1.807, 2.05) is 42.5 Å². The lowest BCUT2D eigenvalue weighted by molar-refractivity contribution is 0.160. The Bertz CT molecular complexity index is 922. The molecular weight excluding hydrogens is 416 g/mol. The third-order valence-electron chi connectivity index (χ3n) is 5.34. The predicted molar refractivity (Wildman–Crippen MR) is 124 cm³/mol. The summed E-state index contributed by atoms with van der Waals surface area (Å²) in [6.45, 7) is 0.487. The molecule has 8 nitrogen and oxygen atoms in total. The number of primary amides is 1. The average molecular weight is 447 g/mol. The molecule has 0 saturated heterocycles. The predicted octanol–water partition coefficient (Wildman–Crippen LogP) is 3.47. The summed E-state index contributed by atoms with van der Waals surface area (Å²) in [5.74, 6) is 0. The Morgan fingerprint density at radius 2 is 1.81 bits per heavy atom. The van der Waals surface area contributed by atoms with Crippen molar-refractivity contribution in [3.63, 3.8) is 0 Å². The van der Waals surface area contributed by atoms with Gasteiger partial charge in [0, 0.05) is 12.6 Å². The van der Waals surface area contributed by atoms with Crippen molar-refractivity contribution in [2.45, 2.75) is 44.7 Å². The number of carbonyl (C=O) groups is 1. The topological polar surface area (TPSA) is 114 Å². The number of hydrogen-bond acceptors (Lipinski definition) is 6. The summed E-state index contributed by atoms with van der Waals surface area (Å²) in [6, 6.07) is 15.9. The molecule has 1 aliphatic rings. The van der Waals surface area contributed by atoms with Crippen molar-refractivity contribution in [1.29, 1.82) is 0 Å². The summed E-state index contributed by atoms with van der Waals surface area (Å²) < 4.78 is 29.5. The normalized spacial score (nSPS) is 14.2. The highest BCUT2D eigenvalue weighted by Crippen LogP contribution is 2.31. The first kappa shape index (κ1) is 22.7. The minimum atomic E-state index is -2.91. The fourth-order valence-corrected chi connectivity index (χ4v) is 4.32. The molecule has 0 aliphatic heterocycles. The van der Waals surface area contributed by atoms with Crippen molar-refractivity contribution >= 4 is 34.0 Å². The molecule has 4 N–H and O–H groups in total. The van der Waals surface area contributed by atoms with Crippen LogP contribution in [0, 0.1) is 0 Å². The van der Waals surface area contributed by atoms with Crippen LogP contribution in [0.25, 0.3) is 0 Å². The Balaban J connectivity index is 1.81. The molecule has 0 unspecified atom stereocenters. The van der Waals surface area contributed by atoms with Gasteiger partial charge < -0.3 is 21.1 Å². The highest BCUT2D eigenvalue weighted by molar-refractivity contribution is 7.74. The van der Waals surface area contributed by atoms with Crippen LogP contribution in [0.1, 0.15) is 37.7 Å². The number of nitrogens with two attached hydrogens (primary N) is 1. The number of thiol groups is 1. The van der Waals surface area contributed by atoms with Crippen LogP contribution in [-0.4, -0.2) is 33.7 Å². The van der Waals surface area contributed by atoms with Gasteiger partial charge in [0.15, 0.2) is 0 Å². The van der Waals surface area contributed by atoms with Gasteiger partial charge >= 0.3 is 6.09 Å². The number of carbonyl (C=O) groups excluding carboxylic acids is 1. The van der Waals surface area contributed by atoms with Crippen LogP contribution < -0.4 is 20.7 Å². The Morgan fingerprint density at radius 1 is 1.06 bits per heavy atom. The lowest BCUT2D eigenvalue weighted by atomic mass is 9.95. The number of hydrogen-bond donors (Lipinski definition) is 4. The second-order valence-corrected chi connectivity index (χ2v) is 8.54. The quantitative estimate of drug-likeness (QED) is 0.416. The fourth-order valence-electron chi connectivity index (χ4n) is 3.76. The molecule has 2 aromatic carbocycles. The van der Waals surface area contributed by atoms with E-state index < -0.39 is 17.0 Å². The number of benzene rings is 2. The van der Waals surface area contributed by atoms with Gasteiger partial charge in [-0.25, -0.2) is 13.2 Å². The smallest absolute Gasteiger partial charge is 0.404 e. The van der Waals surface area contributed by atoms with Crippen LogP contribution >= 0.6 is 0 Å². The zero-order valence-corrected chi connectivity index (χ0v) is 18.4. The molecule has 0 atom stereocenters. The van der Waals surface area contributed by atoms with Gasteiger partial charge in [0.2, 0.25) is 10.9 Å². The molecule has 1 amide bonds. The molecule has 9 heteroatoms. The number of nitrogens with one attached hydrogen (secondary N) is 2. The minimum absolute atomic E-state index is 0.00479. The molecule has 0 heterocycles. The van der Waals surface area contributed by atoms with Crippen molar-refractivity contribution < 1.29 is 17.9 Å². The van der Waals surface area contributed by atoms with Crippen LogP contribution in [0.15, 0.2) is 48.5 Å². The third-order valence-corrected chi connectivity index (χ3v) is 6.16. The molecule has 1 fully saturated rings. The van der Waals surface area contributed by atoms with Gasteiger partial charge in [0.25, 0.3) is 0 Å². The maximum Gasteiger partial charge on any atom is 0.404 e. The van der Waals surface area contributed by atoms with E-state index in [2.05, 4.69) is 10.6 Å².